The second-order valence-corrected chi connectivity index (χ2v) is 5.55. The summed E-state index contributed by atoms with van der Waals surface area (Å²) in [6, 6.07) is 5.38. The lowest BCUT2D eigenvalue weighted by Gasteiger charge is -2.09. The molecule has 1 aromatic heterocycles. The van der Waals surface area contributed by atoms with Crippen molar-refractivity contribution in [1.29, 1.82) is 0 Å². The number of aromatic nitrogens is 1. The van der Waals surface area contributed by atoms with Crippen LogP contribution in [0.5, 0.6) is 0 Å². The minimum atomic E-state index is -0.211. The number of amides is 1. The molecule has 2 aromatic rings. The summed E-state index contributed by atoms with van der Waals surface area (Å²) < 4.78 is 0.795. The first-order valence-electron chi connectivity index (χ1n) is 5.66. The molecule has 1 aromatic carbocycles. The number of nitrogens with zero attached hydrogens (tertiary/aromatic N) is 1. The van der Waals surface area contributed by atoms with E-state index in [4.69, 9.17) is 11.6 Å². The maximum absolute atomic E-state index is 12.1. The van der Waals surface area contributed by atoms with Gasteiger partial charge in [0.05, 0.1) is 11.3 Å². The molecule has 3 nitrogen and oxygen atoms in total. The molecule has 0 saturated carbocycles. The van der Waals surface area contributed by atoms with Gasteiger partial charge in [0, 0.05) is 21.9 Å². The number of hydrogen-bond acceptors (Lipinski definition) is 2. The number of carbonyl (C=O) groups is 1. The van der Waals surface area contributed by atoms with Gasteiger partial charge in [0.1, 0.15) is 0 Å². The highest BCUT2D eigenvalue weighted by molar-refractivity contribution is 9.10. The van der Waals surface area contributed by atoms with E-state index in [9.17, 15) is 4.79 Å². The SMILES string of the molecule is Cc1cncc(C(=O)Nc2cc(Cl)c(C)cc2Br)c1. The lowest BCUT2D eigenvalue weighted by molar-refractivity contribution is 0.102. The number of anilines is 1. The summed E-state index contributed by atoms with van der Waals surface area (Å²) in [5, 5.41) is 3.42. The van der Waals surface area contributed by atoms with Crippen molar-refractivity contribution in [3.63, 3.8) is 0 Å². The number of halogens is 2. The lowest BCUT2D eigenvalue weighted by atomic mass is 10.2. The van der Waals surface area contributed by atoms with Gasteiger partial charge in [0.25, 0.3) is 5.91 Å². The predicted molar refractivity (Wildman–Crippen MR) is 80.8 cm³/mol. The maximum Gasteiger partial charge on any atom is 0.257 e. The van der Waals surface area contributed by atoms with Crippen LogP contribution in [0.2, 0.25) is 5.02 Å². The van der Waals surface area contributed by atoms with Crippen molar-refractivity contribution in [1.82, 2.24) is 4.98 Å². The van der Waals surface area contributed by atoms with Crippen molar-refractivity contribution >= 4 is 39.1 Å². The van der Waals surface area contributed by atoms with Crippen LogP contribution >= 0.6 is 27.5 Å². The molecule has 0 saturated heterocycles. The molecule has 0 atom stereocenters. The first-order valence-corrected chi connectivity index (χ1v) is 6.83. The highest BCUT2D eigenvalue weighted by Gasteiger charge is 2.10. The van der Waals surface area contributed by atoms with Gasteiger partial charge in [0.15, 0.2) is 0 Å². The summed E-state index contributed by atoms with van der Waals surface area (Å²) in [5.74, 6) is -0.211. The standard InChI is InChI=1S/C14H12BrClN2O/c1-8-3-10(7-17-6-8)14(19)18-13-5-12(16)9(2)4-11(13)15/h3-7H,1-2H3,(H,18,19). The van der Waals surface area contributed by atoms with Gasteiger partial charge in [0.2, 0.25) is 0 Å². The average molecular weight is 340 g/mol. The predicted octanol–water partition coefficient (Wildman–Crippen LogP) is 4.37. The van der Waals surface area contributed by atoms with Crippen molar-refractivity contribution in [2.45, 2.75) is 13.8 Å². The Morgan fingerprint density at radius 1 is 1.26 bits per heavy atom. The third kappa shape index (κ3) is 3.33. The molecule has 0 unspecified atom stereocenters. The van der Waals surface area contributed by atoms with Crippen molar-refractivity contribution in [3.05, 3.63) is 56.8 Å². The summed E-state index contributed by atoms with van der Waals surface area (Å²) in [5.41, 5.74) is 3.04. The van der Waals surface area contributed by atoms with Crippen LogP contribution in [0.1, 0.15) is 21.5 Å². The monoisotopic (exact) mass is 338 g/mol. The Bertz CT molecular complexity index is 643. The van der Waals surface area contributed by atoms with Crippen LogP contribution < -0.4 is 5.32 Å². The molecule has 0 aliphatic heterocycles. The molecule has 0 spiro atoms. The topological polar surface area (TPSA) is 42.0 Å². The van der Waals surface area contributed by atoms with Gasteiger partial charge < -0.3 is 5.32 Å². The van der Waals surface area contributed by atoms with E-state index in [1.165, 1.54) is 6.20 Å². The highest BCUT2D eigenvalue weighted by atomic mass is 79.9. The van der Waals surface area contributed by atoms with Gasteiger partial charge in [-0.2, -0.15) is 0 Å². The molecule has 1 heterocycles. The smallest absolute Gasteiger partial charge is 0.257 e. The van der Waals surface area contributed by atoms with E-state index < -0.39 is 0 Å². The third-order valence-corrected chi connectivity index (χ3v) is 3.70. The second-order valence-electron chi connectivity index (χ2n) is 4.29. The first kappa shape index (κ1) is 14.0. The molecule has 0 radical (unpaired) electrons. The third-order valence-electron chi connectivity index (χ3n) is 2.63. The minimum absolute atomic E-state index is 0.211. The fourth-order valence-corrected chi connectivity index (χ4v) is 2.34. The second kappa shape index (κ2) is 5.72. The van der Waals surface area contributed by atoms with Crippen LogP contribution in [0.3, 0.4) is 0 Å². The molecule has 0 aliphatic rings. The average Bonchev–Trinajstić information content (AvgIpc) is 2.36. The molecule has 0 bridgehead atoms. The quantitative estimate of drug-likeness (QED) is 0.883. The van der Waals surface area contributed by atoms with Gasteiger partial charge in [-0.15, -0.1) is 0 Å². The number of pyridine rings is 1. The Morgan fingerprint density at radius 2 is 2.00 bits per heavy atom. The van der Waals surface area contributed by atoms with Crippen LogP contribution in [0.4, 0.5) is 5.69 Å². The Morgan fingerprint density at radius 3 is 2.68 bits per heavy atom. The normalized spacial score (nSPS) is 10.3. The number of rotatable bonds is 2. The molecular weight excluding hydrogens is 328 g/mol. The zero-order valence-corrected chi connectivity index (χ0v) is 12.8. The number of carbonyl (C=O) groups excluding carboxylic acids is 1. The highest BCUT2D eigenvalue weighted by Crippen LogP contribution is 2.29. The molecule has 2 rings (SSSR count). The zero-order valence-electron chi connectivity index (χ0n) is 10.5. The molecular formula is C14H12BrClN2O. The maximum atomic E-state index is 12.1. The van der Waals surface area contributed by atoms with Gasteiger partial charge in [-0.3, -0.25) is 9.78 Å². The molecule has 1 amide bonds. The number of aryl methyl sites for hydroxylation is 2. The van der Waals surface area contributed by atoms with Gasteiger partial charge >= 0.3 is 0 Å². The van der Waals surface area contributed by atoms with Crippen molar-refractivity contribution in [2.75, 3.05) is 5.32 Å². The van der Waals surface area contributed by atoms with E-state index in [1.54, 1.807) is 18.3 Å². The Balaban J connectivity index is 2.27. The number of hydrogen-bond donors (Lipinski definition) is 1. The van der Waals surface area contributed by atoms with Crippen molar-refractivity contribution in [3.8, 4) is 0 Å². The fraction of sp³-hybridized carbons (Fsp3) is 0.143. The van der Waals surface area contributed by atoms with Crippen molar-refractivity contribution in [2.24, 2.45) is 0 Å². The van der Waals surface area contributed by atoms with E-state index in [-0.39, 0.29) is 5.91 Å². The Labute approximate surface area is 125 Å². The van der Waals surface area contributed by atoms with Gasteiger partial charge in [-0.05, 0) is 59.1 Å². The van der Waals surface area contributed by atoms with Gasteiger partial charge in [-0.25, -0.2) is 0 Å². The van der Waals surface area contributed by atoms with Gasteiger partial charge in [-0.1, -0.05) is 11.6 Å². The molecule has 5 heteroatoms. The summed E-state index contributed by atoms with van der Waals surface area (Å²) >= 11 is 9.46. The molecule has 19 heavy (non-hydrogen) atoms. The fourth-order valence-electron chi connectivity index (χ4n) is 1.62. The van der Waals surface area contributed by atoms with E-state index in [0.29, 0.717) is 16.3 Å². The molecule has 0 fully saturated rings. The van der Waals surface area contributed by atoms with Crippen LogP contribution in [0.15, 0.2) is 35.1 Å². The number of benzene rings is 1. The van der Waals surface area contributed by atoms with Crippen LogP contribution in [0, 0.1) is 13.8 Å². The molecule has 98 valence electrons. The Kier molecular flexibility index (Phi) is 4.22. The van der Waals surface area contributed by atoms with Crippen LogP contribution in [-0.4, -0.2) is 10.9 Å². The van der Waals surface area contributed by atoms with E-state index in [1.807, 2.05) is 19.9 Å². The summed E-state index contributed by atoms with van der Waals surface area (Å²) in [6.45, 7) is 3.80. The van der Waals surface area contributed by atoms with E-state index in [0.717, 1.165) is 15.6 Å². The largest absolute Gasteiger partial charge is 0.321 e. The van der Waals surface area contributed by atoms with E-state index in [2.05, 4.69) is 26.2 Å². The minimum Gasteiger partial charge on any atom is -0.321 e. The zero-order chi connectivity index (χ0) is 14.0. The number of nitrogens with one attached hydrogen (secondary N) is 1. The Hall–Kier alpha value is -1.39. The molecule has 0 aliphatic carbocycles. The van der Waals surface area contributed by atoms with Crippen LogP contribution in [0.25, 0.3) is 0 Å². The molecule has 1 N–H and O–H groups in total. The first-order chi connectivity index (χ1) is 8.97. The summed E-state index contributed by atoms with van der Waals surface area (Å²) in [7, 11) is 0. The van der Waals surface area contributed by atoms with Crippen molar-refractivity contribution < 1.29 is 4.79 Å². The van der Waals surface area contributed by atoms with Crippen LogP contribution in [-0.2, 0) is 0 Å². The summed E-state index contributed by atoms with van der Waals surface area (Å²) in [4.78, 5) is 16.1. The lowest BCUT2D eigenvalue weighted by Crippen LogP contribution is -2.13. The van der Waals surface area contributed by atoms with E-state index >= 15 is 0 Å². The summed E-state index contributed by atoms with van der Waals surface area (Å²) in [6.07, 6.45) is 3.24.